The third-order valence-corrected chi connectivity index (χ3v) is 13.7. The van der Waals surface area contributed by atoms with Gasteiger partial charge in [0.25, 0.3) is 11.8 Å². The zero-order valence-electron chi connectivity index (χ0n) is 38.7. The summed E-state index contributed by atoms with van der Waals surface area (Å²) in [6.45, 7) is 7.67. The molecule has 0 bridgehead atoms. The van der Waals surface area contributed by atoms with Crippen molar-refractivity contribution in [3.63, 3.8) is 0 Å². The van der Waals surface area contributed by atoms with Crippen molar-refractivity contribution in [1.82, 2.24) is 24.8 Å². The molecular formula is C53H42BrClFN9O7. The van der Waals surface area contributed by atoms with E-state index in [4.69, 9.17) is 21.2 Å². The van der Waals surface area contributed by atoms with Crippen molar-refractivity contribution >= 4 is 96.9 Å². The highest BCUT2D eigenvalue weighted by Gasteiger charge is 2.52. The van der Waals surface area contributed by atoms with Crippen molar-refractivity contribution < 1.29 is 38.2 Å². The van der Waals surface area contributed by atoms with E-state index in [0.717, 1.165) is 28.0 Å². The van der Waals surface area contributed by atoms with Gasteiger partial charge in [0.05, 0.1) is 44.9 Å². The van der Waals surface area contributed by atoms with Gasteiger partial charge in [0.1, 0.15) is 0 Å². The standard InChI is InChI=1S/C53H42BrClFN9O7/c1-4-62(5-2)26-10-11-27-71-51(69)65(49-59-41-24-22-31(28-43(41)60-49)52(3)37-18-8-6-16-35(37)46(66)63(52)34-15-12-14-33(54)30-34)72-50(68)61-48-57-40-25-23-32(29-42(40)58-48)53(70)38-19-9-7-17-36(38)47(67)64(53)44-21-13-20-39(55)45(44)56/h6-9,12-25,28-30,70H,4-5,26-27H2,1-3H3,(H,59,60)(H2,57,58,61,68). The van der Waals surface area contributed by atoms with Crippen molar-refractivity contribution in [3.8, 4) is 11.8 Å². The molecule has 0 aliphatic carbocycles. The number of anilines is 4. The number of rotatable bonds is 10. The Balaban J connectivity index is 0.956. The molecule has 2 aliphatic rings. The van der Waals surface area contributed by atoms with Crippen LogP contribution >= 0.6 is 27.5 Å². The molecule has 2 aromatic heterocycles. The average molecular weight is 1050 g/mol. The van der Waals surface area contributed by atoms with Gasteiger partial charge in [-0.05, 0) is 97.9 Å². The van der Waals surface area contributed by atoms with Crippen LogP contribution in [0.4, 0.5) is 37.3 Å². The summed E-state index contributed by atoms with van der Waals surface area (Å²) in [5.74, 6) is 3.72. The summed E-state index contributed by atoms with van der Waals surface area (Å²) < 4.78 is 21.9. The minimum Gasteiger partial charge on any atom is -0.434 e. The predicted octanol–water partition coefficient (Wildman–Crippen LogP) is 10.2. The van der Waals surface area contributed by atoms with Crippen LogP contribution in [0, 0.1) is 17.7 Å². The van der Waals surface area contributed by atoms with Crippen molar-refractivity contribution in [2.75, 3.05) is 46.4 Å². The summed E-state index contributed by atoms with van der Waals surface area (Å²) >= 11 is 9.69. The molecule has 0 radical (unpaired) electrons. The molecule has 0 saturated heterocycles. The number of nitrogens with zero attached hydrogens (tertiary/aromatic N) is 6. The molecule has 4 N–H and O–H groups in total. The number of imidazole rings is 2. The van der Waals surface area contributed by atoms with Gasteiger partial charge in [-0.25, -0.2) is 23.9 Å². The van der Waals surface area contributed by atoms with Crippen LogP contribution < -0.4 is 20.2 Å². The summed E-state index contributed by atoms with van der Waals surface area (Å²) in [6.07, 6.45) is -2.31. The Morgan fingerprint density at radius 3 is 2.21 bits per heavy atom. The van der Waals surface area contributed by atoms with Gasteiger partial charge in [-0.1, -0.05) is 119 Å². The van der Waals surface area contributed by atoms with E-state index in [0.29, 0.717) is 50.5 Å². The van der Waals surface area contributed by atoms with Crippen LogP contribution in [0.2, 0.25) is 5.02 Å². The highest BCUT2D eigenvalue weighted by Crippen LogP contribution is 2.49. The summed E-state index contributed by atoms with van der Waals surface area (Å²) in [7, 11) is 0. The number of carbonyl (C=O) groups excluding carboxylic acids is 4. The molecule has 10 rings (SSSR count). The third kappa shape index (κ3) is 8.15. The van der Waals surface area contributed by atoms with E-state index in [9.17, 15) is 24.3 Å². The van der Waals surface area contributed by atoms with Gasteiger partial charge in [-0.15, -0.1) is 0 Å². The number of carbonyl (C=O) groups is 4. The maximum Gasteiger partial charge on any atom is 0.452 e. The minimum atomic E-state index is -2.20. The van der Waals surface area contributed by atoms with E-state index in [1.807, 2.05) is 75.4 Å². The predicted molar refractivity (Wildman–Crippen MR) is 273 cm³/mol. The van der Waals surface area contributed by atoms with E-state index < -0.39 is 35.2 Å². The third-order valence-electron chi connectivity index (χ3n) is 12.9. The molecule has 0 spiro atoms. The van der Waals surface area contributed by atoms with E-state index in [2.05, 4.69) is 57.9 Å². The van der Waals surface area contributed by atoms with Gasteiger partial charge in [0.2, 0.25) is 11.9 Å². The Labute approximate surface area is 424 Å². The second-order valence-corrected chi connectivity index (χ2v) is 18.3. The smallest absolute Gasteiger partial charge is 0.434 e. The van der Waals surface area contributed by atoms with Crippen molar-refractivity contribution in [3.05, 3.63) is 176 Å². The minimum absolute atomic E-state index is 0.126. The van der Waals surface area contributed by atoms with Crippen LogP contribution in [0.25, 0.3) is 22.1 Å². The fraction of sp³-hybridized carbons (Fsp3) is 0.170. The second-order valence-electron chi connectivity index (χ2n) is 16.9. The number of fused-ring (bicyclic) bond motifs is 4. The molecule has 2 atom stereocenters. The maximum atomic E-state index is 15.6. The molecule has 362 valence electrons. The molecule has 6 aromatic carbocycles. The van der Waals surface area contributed by atoms with E-state index >= 15 is 4.39 Å². The molecule has 16 nitrogen and oxygen atoms in total. The Morgan fingerprint density at radius 2 is 1.46 bits per heavy atom. The molecule has 0 fully saturated rings. The average Bonchev–Trinajstić information content (AvgIpc) is 4.11. The SMILES string of the molecule is CCN(CC)CC#CCOC(=O)N(OC(=O)Nc1nc2ccc(C3(O)c4ccccc4C(=O)N3c3cccc(Cl)c3F)cc2[nH]1)c1nc2ccc(C3(C)c4ccccc4C(=O)N3c3cccc(Br)c3)cc2[nH]1. The number of hydrogen-bond donors (Lipinski definition) is 4. The highest BCUT2D eigenvalue weighted by atomic mass is 79.9. The van der Waals surface area contributed by atoms with Gasteiger partial charge < -0.3 is 24.6 Å². The lowest BCUT2D eigenvalue weighted by Crippen LogP contribution is -2.45. The fourth-order valence-electron chi connectivity index (χ4n) is 9.28. The zero-order chi connectivity index (χ0) is 50.5. The molecule has 4 amide bonds. The number of halogens is 3. The largest absolute Gasteiger partial charge is 0.452 e. The summed E-state index contributed by atoms with van der Waals surface area (Å²) in [5, 5.41) is 15.4. The number of aromatic nitrogens is 4. The van der Waals surface area contributed by atoms with E-state index in [1.54, 1.807) is 41.3 Å². The first-order valence-electron chi connectivity index (χ1n) is 22.7. The molecule has 0 saturated carbocycles. The fourth-order valence-corrected chi connectivity index (χ4v) is 9.84. The van der Waals surface area contributed by atoms with Crippen LogP contribution in [0.3, 0.4) is 0 Å². The number of amides is 4. The summed E-state index contributed by atoms with van der Waals surface area (Å²) in [4.78, 5) is 81.2. The second kappa shape index (κ2) is 18.9. The lowest BCUT2D eigenvalue weighted by Gasteiger charge is -2.37. The monoisotopic (exact) mass is 1050 g/mol. The van der Waals surface area contributed by atoms with Gasteiger partial charge in [0, 0.05) is 32.4 Å². The first-order chi connectivity index (χ1) is 34.7. The number of nitrogens with one attached hydrogen (secondary N) is 3. The van der Waals surface area contributed by atoms with Gasteiger partial charge >= 0.3 is 12.2 Å². The van der Waals surface area contributed by atoms with Crippen molar-refractivity contribution in [1.29, 1.82) is 0 Å². The lowest BCUT2D eigenvalue weighted by molar-refractivity contribution is 0.0698. The van der Waals surface area contributed by atoms with Crippen LogP contribution in [0.1, 0.15) is 63.7 Å². The zero-order valence-corrected chi connectivity index (χ0v) is 41.0. The van der Waals surface area contributed by atoms with Crippen LogP contribution in [-0.4, -0.2) is 80.2 Å². The highest BCUT2D eigenvalue weighted by molar-refractivity contribution is 9.10. The van der Waals surface area contributed by atoms with Crippen molar-refractivity contribution in [2.24, 2.45) is 0 Å². The summed E-state index contributed by atoms with van der Waals surface area (Å²) in [5.41, 5.74) is 1.24. The van der Waals surface area contributed by atoms with Crippen LogP contribution in [0.5, 0.6) is 0 Å². The molecule has 72 heavy (non-hydrogen) atoms. The topological polar surface area (TPSA) is 189 Å². The van der Waals surface area contributed by atoms with Gasteiger partial charge in [-0.3, -0.25) is 29.6 Å². The first kappa shape index (κ1) is 47.6. The van der Waals surface area contributed by atoms with Gasteiger partial charge in [0.15, 0.2) is 18.1 Å². The van der Waals surface area contributed by atoms with Crippen LogP contribution in [0.15, 0.2) is 132 Å². The number of aromatic amines is 2. The van der Waals surface area contributed by atoms with E-state index in [1.165, 1.54) is 36.4 Å². The number of ether oxygens (including phenoxy) is 1. The molecule has 2 aliphatic heterocycles. The first-order valence-corrected chi connectivity index (χ1v) is 23.9. The quantitative estimate of drug-likeness (QED) is 0.0758. The number of aliphatic hydroxyl groups is 1. The van der Waals surface area contributed by atoms with Crippen LogP contribution in [-0.2, 0) is 20.8 Å². The number of benzene rings is 6. The lowest BCUT2D eigenvalue weighted by atomic mass is 9.84. The van der Waals surface area contributed by atoms with Crippen molar-refractivity contribution in [2.45, 2.75) is 32.0 Å². The number of H-pyrrole nitrogens is 2. The molecule has 19 heteroatoms. The normalized spacial score (nSPS) is 17.0. The molecule has 8 aromatic rings. The Bertz CT molecular complexity index is 3570. The number of hydrogen-bond acceptors (Lipinski definition) is 10. The molecular weight excluding hydrogens is 1010 g/mol. The van der Waals surface area contributed by atoms with E-state index in [-0.39, 0.29) is 51.8 Å². The Morgan fingerprint density at radius 1 is 0.806 bits per heavy atom. The van der Waals surface area contributed by atoms with Gasteiger partial charge in [-0.2, -0.15) is 0 Å². The maximum absolute atomic E-state index is 15.6. The summed E-state index contributed by atoms with van der Waals surface area (Å²) in [6, 6.07) is 35.4. The molecule has 2 unspecified atom stereocenters. The Hall–Kier alpha value is -8.08. The molecule has 4 heterocycles. The number of hydroxylamine groups is 1. The Kier molecular flexibility index (Phi) is 12.5.